The maximum absolute atomic E-state index is 11.7. The Morgan fingerprint density at radius 1 is 1.19 bits per heavy atom. The topological polar surface area (TPSA) is 65.0 Å². The Kier molecular flexibility index (Phi) is 12.7. The van der Waals surface area contributed by atoms with Gasteiger partial charge in [-0.15, -0.1) is 24.0 Å². The molecule has 0 aliphatic heterocycles. The molecular formula is C17H30BrIN4O2S. The molecule has 0 bridgehead atoms. The molecule has 0 aromatic heterocycles. The SMILES string of the molecule is CCNC(=NCCCN(C)S(=O)(=O)CC)N(C)Cc1ccc(Br)cc1.I. The van der Waals surface area contributed by atoms with E-state index >= 15 is 0 Å². The average Bonchev–Trinajstić information content (AvgIpc) is 2.59. The van der Waals surface area contributed by atoms with Crippen molar-refractivity contribution >= 4 is 55.9 Å². The van der Waals surface area contributed by atoms with E-state index in [0.29, 0.717) is 19.5 Å². The molecule has 0 atom stereocenters. The number of hydrogen-bond donors (Lipinski definition) is 1. The molecule has 150 valence electrons. The van der Waals surface area contributed by atoms with E-state index in [1.165, 1.54) is 9.87 Å². The lowest BCUT2D eigenvalue weighted by Gasteiger charge is -2.22. The molecule has 0 fully saturated rings. The van der Waals surface area contributed by atoms with Gasteiger partial charge < -0.3 is 10.2 Å². The van der Waals surface area contributed by atoms with E-state index < -0.39 is 10.0 Å². The fourth-order valence-corrected chi connectivity index (χ4v) is 3.36. The Bertz CT molecular complexity index is 653. The van der Waals surface area contributed by atoms with Crippen LogP contribution in [0.25, 0.3) is 0 Å². The van der Waals surface area contributed by atoms with Crippen molar-refractivity contribution < 1.29 is 8.42 Å². The zero-order valence-corrected chi connectivity index (χ0v) is 20.6. The standard InChI is InChI=1S/C17H29BrN4O2S.HI/c1-5-19-17(20-12-7-13-22(4)25(23,24)6-2)21(3)14-15-8-10-16(18)11-9-15;/h8-11H,5-7,12-14H2,1-4H3,(H,19,20);1H. The second-order valence-electron chi connectivity index (χ2n) is 5.79. The molecule has 0 amide bonds. The van der Waals surface area contributed by atoms with Crippen LogP contribution in [0.1, 0.15) is 25.8 Å². The van der Waals surface area contributed by atoms with Gasteiger partial charge in [0.05, 0.1) is 5.75 Å². The lowest BCUT2D eigenvalue weighted by atomic mass is 10.2. The minimum atomic E-state index is -3.11. The van der Waals surface area contributed by atoms with Gasteiger partial charge in [-0.05, 0) is 38.0 Å². The van der Waals surface area contributed by atoms with E-state index in [4.69, 9.17) is 0 Å². The van der Waals surface area contributed by atoms with Gasteiger partial charge in [0.2, 0.25) is 10.0 Å². The molecule has 0 saturated carbocycles. The number of nitrogens with zero attached hydrogens (tertiary/aromatic N) is 3. The summed E-state index contributed by atoms with van der Waals surface area (Å²) in [6.07, 6.45) is 0.691. The van der Waals surface area contributed by atoms with Crippen molar-refractivity contribution in [3.05, 3.63) is 34.3 Å². The molecular weight excluding hydrogens is 531 g/mol. The van der Waals surface area contributed by atoms with Crippen LogP contribution in [0.15, 0.2) is 33.7 Å². The molecule has 0 radical (unpaired) electrons. The quantitative estimate of drug-likeness (QED) is 0.218. The van der Waals surface area contributed by atoms with Gasteiger partial charge in [0.15, 0.2) is 5.96 Å². The number of nitrogens with one attached hydrogen (secondary N) is 1. The van der Waals surface area contributed by atoms with E-state index in [1.54, 1.807) is 14.0 Å². The van der Waals surface area contributed by atoms with Crippen molar-refractivity contribution in [3.63, 3.8) is 0 Å². The van der Waals surface area contributed by atoms with Crippen LogP contribution in [0.2, 0.25) is 0 Å². The van der Waals surface area contributed by atoms with Crippen molar-refractivity contribution in [2.45, 2.75) is 26.8 Å². The predicted octanol–water partition coefficient (Wildman–Crippen LogP) is 3.14. The molecule has 26 heavy (non-hydrogen) atoms. The van der Waals surface area contributed by atoms with Gasteiger partial charge in [-0.3, -0.25) is 4.99 Å². The number of sulfonamides is 1. The highest BCUT2D eigenvalue weighted by Gasteiger charge is 2.14. The summed E-state index contributed by atoms with van der Waals surface area (Å²) in [6.45, 7) is 6.29. The summed E-state index contributed by atoms with van der Waals surface area (Å²) >= 11 is 3.44. The van der Waals surface area contributed by atoms with Crippen LogP contribution in [0.3, 0.4) is 0 Å². The Balaban J connectivity index is 0.00000625. The second-order valence-corrected chi connectivity index (χ2v) is 9.07. The number of aliphatic imine (C=N–C) groups is 1. The molecule has 1 aromatic rings. The minimum Gasteiger partial charge on any atom is -0.357 e. The van der Waals surface area contributed by atoms with Crippen LogP contribution in [-0.4, -0.2) is 63.1 Å². The maximum Gasteiger partial charge on any atom is 0.213 e. The first-order valence-electron chi connectivity index (χ1n) is 8.48. The first-order chi connectivity index (χ1) is 11.8. The van der Waals surface area contributed by atoms with Gasteiger partial charge in [-0.25, -0.2) is 12.7 Å². The van der Waals surface area contributed by atoms with Crippen LogP contribution in [-0.2, 0) is 16.6 Å². The fraction of sp³-hybridized carbons (Fsp3) is 0.588. The zero-order chi connectivity index (χ0) is 18.9. The van der Waals surface area contributed by atoms with E-state index in [1.807, 2.05) is 26.1 Å². The highest BCUT2D eigenvalue weighted by molar-refractivity contribution is 14.0. The minimum absolute atomic E-state index is 0. The molecule has 0 aliphatic carbocycles. The van der Waals surface area contributed by atoms with Crippen LogP contribution in [0.4, 0.5) is 0 Å². The predicted molar refractivity (Wildman–Crippen MR) is 124 cm³/mol. The van der Waals surface area contributed by atoms with Crippen LogP contribution < -0.4 is 5.32 Å². The molecule has 0 spiro atoms. The van der Waals surface area contributed by atoms with Crippen LogP contribution in [0.5, 0.6) is 0 Å². The van der Waals surface area contributed by atoms with Gasteiger partial charge in [0.25, 0.3) is 0 Å². The molecule has 1 rings (SSSR count). The lowest BCUT2D eigenvalue weighted by Crippen LogP contribution is -2.38. The van der Waals surface area contributed by atoms with Gasteiger partial charge in [-0.1, -0.05) is 28.1 Å². The fourth-order valence-electron chi connectivity index (χ4n) is 2.25. The first-order valence-corrected chi connectivity index (χ1v) is 10.9. The largest absolute Gasteiger partial charge is 0.357 e. The number of guanidine groups is 1. The van der Waals surface area contributed by atoms with E-state index in [0.717, 1.165) is 23.5 Å². The first kappa shape index (κ1) is 25.6. The Hall–Kier alpha value is -0.390. The summed E-state index contributed by atoms with van der Waals surface area (Å²) in [7, 11) is 0.501. The van der Waals surface area contributed by atoms with Gasteiger partial charge >= 0.3 is 0 Å². The zero-order valence-electron chi connectivity index (χ0n) is 15.9. The van der Waals surface area contributed by atoms with Gasteiger partial charge in [0, 0.05) is 44.7 Å². The number of hydrogen-bond acceptors (Lipinski definition) is 3. The molecule has 9 heteroatoms. The molecule has 1 aromatic carbocycles. The van der Waals surface area contributed by atoms with Crippen LogP contribution >= 0.6 is 39.9 Å². The third-order valence-corrected chi connectivity index (χ3v) is 6.15. The summed E-state index contributed by atoms with van der Waals surface area (Å²) in [5, 5.41) is 3.28. The summed E-state index contributed by atoms with van der Waals surface area (Å²) in [5.74, 6) is 0.956. The third kappa shape index (κ3) is 9.01. The molecule has 0 saturated heterocycles. The second kappa shape index (κ2) is 12.9. The number of benzene rings is 1. The Labute approximate surface area is 183 Å². The third-order valence-electron chi connectivity index (χ3n) is 3.76. The van der Waals surface area contributed by atoms with Crippen molar-refractivity contribution in [2.24, 2.45) is 4.99 Å². The van der Waals surface area contributed by atoms with Crippen molar-refractivity contribution in [1.29, 1.82) is 0 Å². The normalized spacial score (nSPS) is 12.0. The highest BCUT2D eigenvalue weighted by Crippen LogP contribution is 2.11. The van der Waals surface area contributed by atoms with E-state index in [2.05, 4.69) is 43.3 Å². The Morgan fingerprint density at radius 2 is 1.81 bits per heavy atom. The van der Waals surface area contributed by atoms with Gasteiger partial charge in [0.1, 0.15) is 0 Å². The van der Waals surface area contributed by atoms with Crippen LogP contribution in [0, 0.1) is 0 Å². The summed E-state index contributed by atoms with van der Waals surface area (Å²) in [5.41, 5.74) is 1.20. The monoisotopic (exact) mass is 560 g/mol. The van der Waals surface area contributed by atoms with Crippen molar-refractivity contribution in [2.75, 3.05) is 39.5 Å². The number of halogens is 2. The summed E-state index contributed by atoms with van der Waals surface area (Å²) in [4.78, 5) is 6.68. The van der Waals surface area contributed by atoms with E-state index in [9.17, 15) is 8.42 Å². The summed E-state index contributed by atoms with van der Waals surface area (Å²) < 4.78 is 25.9. The van der Waals surface area contributed by atoms with Crippen molar-refractivity contribution in [1.82, 2.24) is 14.5 Å². The summed E-state index contributed by atoms with van der Waals surface area (Å²) in [6, 6.07) is 8.21. The maximum atomic E-state index is 11.7. The Morgan fingerprint density at radius 3 is 2.35 bits per heavy atom. The van der Waals surface area contributed by atoms with Gasteiger partial charge in [-0.2, -0.15) is 0 Å². The lowest BCUT2D eigenvalue weighted by molar-refractivity contribution is 0.459. The molecule has 0 heterocycles. The molecule has 0 aliphatic rings. The molecule has 6 nitrogen and oxygen atoms in total. The number of rotatable bonds is 9. The smallest absolute Gasteiger partial charge is 0.213 e. The highest BCUT2D eigenvalue weighted by atomic mass is 127. The van der Waals surface area contributed by atoms with Crippen molar-refractivity contribution in [3.8, 4) is 0 Å². The molecule has 1 N–H and O–H groups in total. The van der Waals surface area contributed by atoms with E-state index in [-0.39, 0.29) is 29.7 Å². The molecule has 0 unspecified atom stereocenters. The average molecular weight is 561 g/mol.